The van der Waals surface area contributed by atoms with Crippen LogP contribution in [0.4, 0.5) is 5.82 Å². The Bertz CT molecular complexity index is 1040. The third kappa shape index (κ3) is 4.58. The van der Waals surface area contributed by atoms with Crippen molar-refractivity contribution in [1.29, 1.82) is 5.26 Å². The number of thioether (sulfide) groups is 1. The van der Waals surface area contributed by atoms with Gasteiger partial charge in [0.15, 0.2) is 0 Å². The molecule has 0 saturated carbocycles. The van der Waals surface area contributed by atoms with Crippen molar-refractivity contribution in [2.75, 3.05) is 24.5 Å². The van der Waals surface area contributed by atoms with Crippen molar-refractivity contribution in [3.63, 3.8) is 0 Å². The number of rotatable bonds is 5. The third-order valence-electron chi connectivity index (χ3n) is 5.82. The molecular formula is C23H30N4O2S2. The van der Waals surface area contributed by atoms with E-state index >= 15 is 0 Å². The first-order chi connectivity index (χ1) is 14.7. The van der Waals surface area contributed by atoms with Gasteiger partial charge in [-0.3, -0.25) is 19.1 Å². The van der Waals surface area contributed by atoms with E-state index in [4.69, 9.17) is 12.2 Å². The smallest absolute Gasteiger partial charge is 0.270 e. The zero-order chi connectivity index (χ0) is 22.9. The molecule has 31 heavy (non-hydrogen) atoms. The van der Waals surface area contributed by atoms with Gasteiger partial charge in [-0.1, -0.05) is 44.8 Å². The van der Waals surface area contributed by atoms with E-state index < -0.39 is 0 Å². The van der Waals surface area contributed by atoms with E-state index in [0.717, 1.165) is 37.3 Å². The van der Waals surface area contributed by atoms with Crippen LogP contribution in [-0.2, 0) is 11.3 Å². The molecule has 8 heteroatoms. The van der Waals surface area contributed by atoms with Gasteiger partial charge in [0.1, 0.15) is 21.8 Å². The van der Waals surface area contributed by atoms with E-state index in [1.807, 2.05) is 13.0 Å². The molecule has 0 radical (unpaired) electrons. The van der Waals surface area contributed by atoms with Crippen LogP contribution < -0.4 is 10.5 Å². The number of hydrogen-bond donors (Lipinski definition) is 0. The fourth-order valence-electron chi connectivity index (χ4n) is 4.31. The van der Waals surface area contributed by atoms with Crippen LogP contribution in [0.15, 0.2) is 9.70 Å². The van der Waals surface area contributed by atoms with Crippen molar-refractivity contribution in [2.45, 2.75) is 54.0 Å². The molecule has 2 fully saturated rings. The largest absolute Gasteiger partial charge is 0.357 e. The Morgan fingerprint density at radius 3 is 2.65 bits per heavy atom. The molecule has 1 aromatic rings. The maximum atomic E-state index is 13.1. The summed E-state index contributed by atoms with van der Waals surface area (Å²) in [5.41, 5.74) is 1.27. The summed E-state index contributed by atoms with van der Waals surface area (Å²) in [6, 6.07) is 2.09. The molecule has 1 atom stereocenters. The predicted octanol–water partition coefficient (Wildman–Crippen LogP) is 4.14. The number of nitriles is 1. The number of piperidine rings is 1. The second-order valence-corrected chi connectivity index (χ2v) is 10.5. The highest BCUT2D eigenvalue weighted by Gasteiger charge is 2.33. The van der Waals surface area contributed by atoms with Gasteiger partial charge in [0.25, 0.3) is 11.5 Å². The minimum atomic E-state index is -0.264. The summed E-state index contributed by atoms with van der Waals surface area (Å²) in [6.45, 7) is 12.8. The third-order valence-corrected chi connectivity index (χ3v) is 7.19. The summed E-state index contributed by atoms with van der Waals surface area (Å²) in [6.07, 6.45) is 4.05. The van der Waals surface area contributed by atoms with Gasteiger partial charge in [0.2, 0.25) is 0 Å². The summed E-state index contributed by atoms with van der Waals surface area (Å²) in [4.78, 5) is 30.6. The molecule has 1 amide bonds. The molecule has 2 aliphatic heterocycles. The van der Waals surface area contributed by atoms with Gasteiger partial charge in [-0.05, 0) is 50.2 Å². The van der Waals surface area contributed by atoms with E-state index in [2.05, 4.69) is 31.7 Å². The number of nitrogens with zero attached hydrogens (tertiary/aromatic N) is 4. The van der Waals surface area contributed by atoms with E-state index in [0.29, 0.717) is 39.7 Å². The molecule has 0 spiro atoms. The van der Waals surface area contributed by atoms with Crippen LogP contribution in [0.25, 0.3) is 6.08 Å². The zero-order valence-electron chi connectivity index (χ0n) is 18.9. The second kappa shape index (κ2) is 9.58. The van der Waals surface area contributed by atoms with E-state index in [9.17, 15) is 14.9 Å². The SMILES string of the molecule is CCn1c(N2CCCC(C)C2)c(/C=C2/SC(=S)N(CC(C)C)C2=O)c(C)c(C#N)c1=O. The van der Waals surface area contributed by atoms with Crippen LogP contribution in [0.2, 0.25) is 0 Å². The van der Waals surface area contributed by atoms with Crippen molar-refractivity contribution in [1.82, 2.24) is 9.47 Å². The van der Waals surface area contributed by atoms with Gasteiger partial charge in [0, 0.05) is 31.7 Å². The number of thiocarbonyl (C=S) groups is 1. The first kappa shape index (κ1) is 23.6. The quantitative estimate of drug-likeness (QED) is 0.488. The van der Waals surface area contributed by atoms with Gasteiger partial charge < -0.3 is 4.90 Å². The molecule has 166 valence electrons. The van der Waals surface area contributed by atoms with Crippen LogP contribution in [-0.4, -0.2) is 39.3 Å². The highest BCUT2D eigenvalue weighted by Crippen LogP contribution is 2.37. The highest BCUT2D eigenvalue weighted by atomic mass is 32.2. The lowest BCUT2D eigenvalue weighted by molar-refractivity contribution is -0.122. The molecule has 3 heterocycles. The van der Waals surface area contributed by atoms with Gasteiger partial charge >= 0.3 is 0 Å². The van der Waals surface area contributed by atoms with Gasteiger partial charge in [-0.25, -0.2) is 0 Å². The Morgan fingerprint density at radius 2 is 2.06 bits per heavy atom. The standard InChI is InChI=1S/C23H30N4O2S2/c1-6-26-20(25-9-7-8-15(4)13-25)17(16(5)18(11-24)21(26)28)10-19-22(29)27(12-14(2)3)23(30)31-19/h10,14-15H,6-9,12-13H2,1-5H3/b19-10+. The fraction of sp³-hybridized carbons (Fsp3) is 0.565. The molecule has 2 saturated heterocycles. The number of hydrogen-bond acceptors (Lipinski definition) is 6. The summed E-state index contributed by atoms with van der Waals surface area (Å²) in [5.74, 6) is 1.53. The van der Waals surface area contributed by atoms with Gasteiger partial charge in [0.05, 0.1) is 4.91 Å². The normalized spacial score (nSPS) is 20.8. The van der Waals surface area contributed by atoms with Gasteiger partial charge in [-0.2, -0.15) is 5.26 Å². The zero-order valence-corrected chi connectivity index (χ0v) is 20.5. The van der Waals surface area contributed by atoms with Crippen molar-refractivity contribution >= 4 is 46.1 Å². The Balaban J connectivity index is 2.20. The maximum Gasteiger partial charge on any atom is 0.270 e. The average Bonchev–Trinajstić information content (AvgIpc) is 2.97. The second-order valence-electron chi connectivity index (χ2n) is 8.78. The van der Waals surface area contributed by atoms with Crippen LogP contribution in [0.3, 0.4) is 0 Å². The molecule has 0 aromatic carbocycles. The molecule has 2 aliphatic rings. The molecular weight excluding hydrogens is 428 g/mol. The molecule has 0 N–H and O–H groups in total. The lowest BCUT2D eigenvalue weighted by Crippen LogP contribution is -2.40. The van der Waals surface area contributed by atoms with E-state index in [1.54, 1.807) is 16.4 Å². The average molecular weight is 459 g/mol. The Kier molecular flexibility index (Phi) is 7.28. The molecule has 3 rings (SSSR count). The number of carbonyl (C=O) groups is 1. The topological polar surface area (TPSA) is 69.3 Å². The van der Waals surface area contributed by atoms with Crippen LogP contribution in [0, 0.1) is 30.1 Å². The molecule has 6 nitrogen and oxygen atoms in total. The first-order valence-corrected chi connectivity index (χ1v) is 12.1. The monoisotopic (exact) mass is 458 g/mol. The number of anilines is 1. The van der Waals surface area contributed by atoms with E-state index in [-0.39, 0.29) is 17.0 Å². The lowest BCUT2D eigenvalue weighted by Gasteiger charge is -2.35. The first-order valence-electron chi connectivity index (χ1n) is 10.9. The summed E-state index contributed by atoms with van der Waals surface area (Å²) in [5, 5.41) is 9.68. The molecule has 0 aliphatic carbocycles. The number of pyridine rings is 1. The molecule has 0 bridgehead atoms. The number of carbonyl (C=O) groups excluding carboxylic acids is 1. The fourth-order valence-corrected chi connectivity index (χ4v) is 5.57. The summed E-state index contributed by atoms with van der Waals surface area (Å²) >= 11 is 6.76. The number of aromatic nitrogens is 1. The van der Waals surface area contributed by atoms with Crippen molar-refractivity contribution in [3.8, 4) is 6.07 Å². The van der Waals surface area contributed by atoms with Crippen molar-refractivity contribution in [2.24, 2.45) is 11.8 Å². The number of amides is 1. The summed E-state index contributed by atoms with van der Waals surface area (Å²) < 4.78 is 2.24. The highest BCUT2D eigenvalue weighted by molar-refractivity contribution is 8.26. The van der Waals surface area contributed by atoms with Crippen molar-refractivity contribution < 1.29 is 4.79 Å². The Labute approximate surface area is 193 Å². The van der Waals surface area contributed by atoms with Crippen molar-refractivity contribution in [3.05, 3.63) is 31.9 Å². The lowest BCUT2D eigenvalue weighted by atomic mass is 9.98. The Morgan fingerprint density at radius 1 is 1.35 bits per heavy atom. The predicted molar refractivity (Wildman–Crippen MR) is 131 cm³/mol. The van der Waals surface area contributed by atoms with Crippen LogP contribution >= 0.6 is 24.0 Å². The minimum absolute atomic E-state index is 0.103. The Hall–Kier alpha value is -2.11. The summed E-state index contributed by atoms with van der Waals surface area (Å²) in [7, 11) is 0. The van der Waals surface area contributed by atoms with Gasteiger partial charge in [-0.15, -0.1) is 0 Å². The van der Waals surface area contributed by atoms with Crippen LogP contribution in [0.5, 0.6) is 0 Å². The molecule has 1 unspecified atom stereocenters. The molecule has 1 aromatic heterocycles. The maximum absolute atomic E-state index is 13.1. The van der Waals surface area contributed by atoms with E-state index in [1.165, 1.54) is 11.8 Å². The van der Waals surface area contributed by atoms with Crippen LogP contribution in [0.1, 0.15) is 57.2 Å². The minimum Gasteiger partial charge on any atom is -0.357 e.